The molecule has 0 saturated heterocycles. The molecule has 2 aromatic heterocycles. The fraction of sp³-hybridized carbons (Fsp3) is 0.455. The second kappa shape index (κ2) is 7.95. The SMILES string of the molecule is CC(C)(C)[Si](C)(C)OCCCCc1ccnc2cc(-c3cc[nH]n3)ccc12. The third-order valence-electron chi connectivity index (χ3n) is 5.74. The number of unbranched alkanes of at least 4 members (excludes halogenated alkanes) is 1. The lowest BCUT2D eigenvalue weighted by atomic mass is 10.0. The first-order chi connectivity index (χ1) is 12.8. The van der Waals surface area contributed by atoms with Gasteiger partial charge in [-0.25, -0.2) is 0 Å². The molecule has 1 N–H and O–H groups in total. The van der Waals surface area contributed by atoms with Crippen molar-refractivity contribution in [2.24, 2.45) is 0 Å². The summed E-state index contributed by atoms with van der Waals surface area (Å²) in [5.41, 5.74) is 4.44. The van der Waals surface area contributed by atoms with Gasteiger partial charge < -0.3 is 4.43 Å². The molecular weight excluding hydrogens is 350 g/mol. The fourth-order valence-corrected chi connectivity index (χ4v) is 4.05. The molecule has 0 spiro atoms. The molecule has 5 heteroatoms. The largest absolute Gasteiger partial charge is 0.417 e. The maximum absolute atomic E-state index is 6.29. The number of aryl methyl sites for hydroxylation is 1. The van der Waals surface area contributed by atoms with Crippen LogP contribution in [0.3, 0.4) is 0 Å². The predicted octanol–water partition coefficient (Wildman–Crippen LogP) is 5.97. The summed E-state index contributed by atoms with van der Waals surface area (Å²) in [6, 6.07) is 10.5. The highest BCUT2D eigenvalue weighted by molar-refractivity contribution is 6.74. The summed E-state index contributed by atoms with van der Waals surface area (Å²) >= 11 is 0. The first-order valence-corrected chi connectivity index (χ1v) is 12.7. The van der Waals surface area contributed by atoms with E-state index in [9.17, 15) is 0 Å². The molecule has 0 saturated carbocycles. The molecule has 27 heavy (non-hydrogen) atoms. The molecular formula is C22H31N3OSi. The van der Waals surface area contributed by atoms with E-state index in [2.05, 4.69) is 73.3 Å². The number of hydrogen-bond acceptors (Lipinski definition) is 3. The highest BCUT2D eigenvalue weighted by Gasteiger charge is 2.36. The summed E-state index contributed by atoms with van der Waals surface area (Å²) < 4.78 is 6.29. The topological polar surface area (TPSA) is 50.8 Å². The van der Waals surface area contributed by atoms with Crippen LogP contribution in [-0.4, -0.2) is 30.1 Å². The van der Waals surface area contributed by atoms with Gasteiger partial charge in [-0.2, -0.15) is 5.10 Å². The van der Waals surface area contributed by atoms with Crippen molar-refractivity contribution in [1.29, 1.82) is 0 Å². The van der Waals surface area contributed by atoms with Gasteiger partial charge in [0.1, 0.15) is 0 Å². The highest BCUT2D eigenvalue weighted by Crippen LogP contribution is 2.36. The maximum atomic E-state index is 6.29. The lowest BCUT2D eigenvalue weighted by Gasteiger charge is -2.36. The molecule has 1 aromatic carbocycles. The van der Waals surface area contributed by atoms with Crippen molar-refractivity contribution < 1.29 is 4.43 Å². The van der Waals surface area contributed by atoms with Gasteiger partial charge in [-0.1, -0.05) is 32.9 Å². The molecule has 0 unspecified atom stereocenters. The number of hydrogen-bond donors (Lipinski definition) is 1. The van der Waals surface area contributed by atoms with Crippen LogP contribution < -0.4 is 0 Å². The van der Waals surface area contributed by atoms with Crippen molar-refractivity contribution >= 4 is 19.2 Å². The summed E-state index contributed by atoms with van der Waals surface area (Å²) in [5.74, 6) is 0. The first-order valence-electron chi connectivity index (χ1n) is 9.80. The molecule has 0 atom stereocenters. The van der Waals surface area contributed by atoms with E-state index in [1.54, 1.807) is 0 Å². The van der Waals surface area contributed by atoms with Crippen molar-refractivity contribution in [1.82, 2.24) is 15.2 Å². The Hall–Kier alpha value is -1.98. The molecule has 4 nitrogen and oxygen atoms in total. The van der Waals surface area contributed by atoms with Gasteiger partial charge in [-0.15, -0.1) is 0 Å². The molecule has 3 rings (SSSR count). The number of nitrogens with one attached hydrogen (secondary N) is 1. The van der Waals surface area contributed by atoms with Crippen LogP contribution >= 0.6 is 0 Å². The molecule has 0 aliphatic rings. The van der Waals surface area contributed by atoms with Crippen LogP contribution in [0.5, 0.6) is 0 Å². The fourth-order valence-electron chi connectivity index (χ4n) is 2.97. The van der Waals surface area contributed by atoms with Crippen LogP contribution in [0.25, 0.3) is 22.2 Å². The monoisotopic (exact) mass is 381 g/mol. The van der Waals surface area contributed by atoms with E-state index in [1.165, 1.54) is 10.9 Å². The minimum Gasteiger partial charge on any atom is -0.417 e. The van der Waals surface area contributed by atoms with E-state index in [1.807, 2.05) is 18.5 Å². The summed E-state index contributed by atoms with van der Waals surface area (Å²) in [6.07, 6.45) is 7.05. The number of pyridine rings is 1. The number of aromatic nitrogens is 3. The van der Waals surface area contributed by atoms with Gasteiger partial charge in [0.05, 0.1) is 11.2 Å². The van der Waals surface area contributed by atoms with E-state index in [0.717, 1.165) is 42.6 Å². The van der Waals surface area contributed by atoms with Crippen molar-refractivity contribution in [3.63, 3.8) is 0 Å². The zero-order chi connectivity index (χ0) is 19.5. The van der Waals surface area contributed by atoms with E-state index < -0.39 is 8.32 Å². The zero-order valence-electron chi connectivity index (χ0n) is 17.2. The summed E-state index contributed by atoms with van der Waals surface area (Å²) in [6.45, 7) is 12.4. The van der Waals surface area contributed by atoms with Crippen LogP contribution in [0.1, 0.15) is 39.2 Å². The molecule has 2 heterocycles. The van der Waals surface area contributed by atoms with Gasteiger partial charge in [-0.05, 0) is 61.2 Å². The lowest BCUT2D eigenvalue weighted by Crippen LogP contribution is -2.40. The smallest absolute Gasteiger partial charge is 0.191 e. The van der Waals surface area contributed by atoms with E-state index >= 15 is 0 Å². The quantitative estimate of drug-likeness (QED) is 0.405. The molecule has 3 aromatic rings. The number of benzene rings is 1. The summed E-state index contributed by atoms with van der Waals surface area (Å²) in [5, 5.41) is 8.64. The maximum Gasteiger partial charge on any atom is 0.191 e. The standard InChI is InChI=1S/C22H31N3OSi/c1-22(2,3)27(4,5)26-15-7-6-8-17-11-13-23-21-16-18(9-10-19(17)21)20-12-14-24-25-20/h9-14,16H,6-8,15H2,1-5H3,(H,24,25). The van der Waals surface area contributed by atoms with Crippen molar-refractivity contribution in [2.45, 2.75) is 58.2 Å². The Morgan fingerprint density at radius 3 is 2.59 bits per heavy atom. The van der Waals surface area contributed by atoms with Gasteiger partial charge in [0, 0.05) is 30.0 Å². The summed E-state index contributed by atoms with van der Waals surface area (Å²) in [4.78, 5) is 4.56. The minimum absolute atomic E-state index is 0.278. The number of fused-ring (bicyclic) bond motifs is 1. The number of rotatable bonds is 7. The lowest BCUT2D eigenvalue weighted by molar-refractivity contribution is 0.279. The normalized spacial score (nSPS) is 12.6. The predicted molar refractivity (Wildman–Crippen MR) is 115 cm³/mol. The third kappa shape index (κ3) is 4.65. The molecule has 144 valence electrons. The van der Waals surface area contributed by atoms with E-state index in [-0.39, 0.29) is 5.04 Å². The van der Waals surface area contributed by atoms with Crippen LogP contribution in [0.2, 0.25) is 18.1 Å². The molecule has 0 aliphatic heterocycles. The Labute approximate surface area is 163 Å². The Balaban J connectivity index is 1.61. The summed E-state index contributed by atoms with van der Waals surface area (Å²) in [7, 11) is -1.63. The minimum atomic E-state index is -1.63. The number of H-pyrrole nitrogens is 1. The average molecular weight is 382 g/mol. The van der Waals surface area contributed by atoms with Crippen LogP contribution in [0.15, 0.2) is 42.7 Å². The van der Waals surface area contributed by atoms with E-state index in [4.69, 9.17) is 4.43 Å². The second-order valence-electron chi connectivity index (χ2n) is 8.73. The van der Waals surface area contributed by atoms with Crippen LogP contribution in [0, 0.1) is 0 Å². The Kier molecular flexibility index (Phi) is 5.82. The van der Waals surface area contributed by atoms with Crippen LogP contribution in [0.4, 0.5) is 0 Å². The second-order valence-corrected chi connectivity index (χ2v) is 13.5. The molecule has 0 aliphatic carbocycles. The van der Waals surface area contributed by atoms with Crippen LogP contribution in [-0.2, 0) is 10.8 Å². The Morgan fingerprint density at radius 2 is 1.89 bits per heavy atom. The highest BCUT2D eigenvalue weighted by atomic mass is 28.4. The van der Waals surface area contributed by atoms with E-state index in [0.29, 0.717) is 0 Å². The zero-order valence-corrected chi connectivity index (χ0v) is 18.2. The third-order valence-corrected chi connectivity index (χ3v) is 10.3. The average Bonchev–Trinajstić information content (AvgIpc) is 3.14. The van der Waals surface area contributed by atoms with Gasteiger partial charge in [0.25, 0.3) is 0 Å². The first kappa shape index (κ1) is 19.8. The van der Waals surface area contributed by atoms with Gasteiger partial charge in [0.2, 0.25) is 0 Å². The van der Waals surface area contributed by atoms with Gasteiger partial charge in [0.15, 0.2) is 8.32 Å². The Morgan fingerprint density at radius 1 is 1.07 bits per heavy atom. The molecule has 0 bridgehead atoms. The number of aromatic amines is 1. The van der Waals surface area contributed by atoms with Crippen molar-refractivity contribution in [2.75, 3.05) is 6.61 Å². The van der Waals surface area contributed by atoms with Crippen molar-refractivity contribution in [3.8, 4) is 11.3 Å². The molecule has 0 radical (unpaired) electrons. The van der Waals surface area contributed by atoms with Gasteiger partial charge >= 0.3 is 0 Å². The Bertz CT molecular complexity index is 882. The van der Waals surface area contributed by atoms with Crippen molar-refractivity contribution in [3.05, 3.63) is 48.3 Å². The molecule has 0 fully saturated rings. The molecule has 0 amide bonds. The van der Waals surface area contributed by atoms with Gasteiger partial charge in [-0.3, -0.25) is 10.1 Å². The number of nitrogens with zero attached hydrogens (tertiary/aromatic N) is 2.